The minimum absolute atomic E-state index is 0.00579. The summed E-state index contributed by atoms with van der Waals surface area (Å²) in [5, 5.41) is 5.66. The van der Waals surface area contributed by atoms with Crippen LogP contribution in [0.25, 0.3) is 0 Å². The van der Waals surface area contributed by atoms with Gasteiger partial charge in [0, 0.05) is 18.2 Å². The highest BCUT2D eigenvalue weighted by Crippen LogP contribution is 2.17. The number of carbonyl (C=O) groups is 2. The molecule has 0 bridgehead atoms. The molecule has 7 nitrogen and oxygen atoms in total. The minimum atomic E-state index is -0.404. The Hall–Kier alpha value is -3.91. The number of hydrogen-bond donors (Lipinski definition) is 2. The average Bonchev–Trinajstić information content (AvgIpc) is 2.89. The predicted molar refractivity (Wildman–Crippen MR) is 143 cm³/mol. The van der Waals surface area contributed by atoms with Crippen LogP contribution in [0, 0.1) is 0 Å². The molecule has 0 saturated carbocycles. The Balaban J connectivity index is 1.28. The molecule has 0 unspecified atom stereocenters. The molecule has 188 valence electrons. The Bertz CT molecular complexity index is 1110. The summed E-state index contributed by atoms with van der Waals surface area (Å²) in [6.07, 6.45) is 1.55. The van der Waals surface area contributed by atoms with Crippen LogP contribution in [0.2, 0.25) is 0 Å². The molecule has 2 N–H and O–H groups in total. The normalized spacial score (nSPS) is 10.2. The standard InChI is InChI=1S/C28H30N2O5S/c31-26(16-17-27(32)35-18-8-11-22-9-3-1-4-10-22)30-28(36)29-23-12-7-15-25(21-23)34-20-19-33-24-13-5-2-6-14-24/h1-7,9-10,12-15,21H,8,11,16-20H2,(H2,29,30,31,36). The number of aryl methyl sites for hydroxylation is 1. The van der Waals surface area contributed by atoms with E-state index in [-0.39, 0.29) is 23.9 Å². The summed E-state index contributed by atoms with van der Waals surface area (Å²) in [6, 6.07) is 26.7. The molecule has 0 fully saturated rings. The number of para-hydroxylation sites is 1. The Labute approximate surface area is 216 Å². The molecule has 36 heavy (non-hydrogen) atoms. The highest BCUT2D eigenvalue weighted by atomic mass is 32.1. The second-order valence-corrected chi connectivity index (χ2v) is 8.26. The van der Waals surface area contributed by atoms with Crippen molar-refractivity contribution in [1.82, 2.24) is 5.32 Å². The number of benzene rings is 3. The first kappa shape index (κ1) is 26.7. The Morgan fingerprint density at radius 2 is 1.42 bits per heavy atom. The smallest absolute Gasteiger partial charge is 0.306 e. The number of esters is 1. The van der Waals surface area contributed by atoms with E-state index in [1.54, 1.807) is 12.1 Å². The van der Waals surface area contributed by atoms with Crippen LogP contribution in [0.1, 0.15) is 24.8 Å². The van der Waals surface area contributed by atoms with Crippen molar-refractivity contribution >= 4 is 34.9 Å². The second kappa shape index (κ2) is 15.2. The highest BCUT2D eigenvalue weighted by molar-refractivity contribution is 7.80. The zero-order valence-corrected chi connectivity index (χ0v) is 20.8. The molecule has 0 atom stereocenters. The van der Waals surface area contributed by atoms with Gasteiger partial charge in [0.2, 0.25) is 5.91 Å². The molecule has 0 aliphatic carbocycles. The van der Waals surface area contributed by atoms with Crippen molar-refractivity contribution in [3.05, 3.63) is 90.5 Å². The highest BCUT2D eigenvalue weighted by Gasteiger charge is 2.10. The number of rotatable bonds is 13. The fraction of sp³-hybridized carbons (Fsp3) is 0.250. The maximum atomic E-state index is 12.1. The third-order valence-electron chi connectivity index (χ3n) is 4.98. The average molecular weight is 507 g/mol. The minimum Gasteiger partial charge on any atom is -0.490 e. The lowest BCUT2D eigenvalue weighted by molar-refractivity contribution is -0.145. The SMILES string of the molecule is O=C(CCC(=O)OCCCc1ccccc1)NC(=S)Nc1cccc(OCCOc2ccccc2)c1. The van der Waals surface area contributed by atoms with E-state index in [1.165, 1.54) is 5.56 Å². The third kappa shape index (κ3) is 10.6. The van der Waals surface area contributed by atoms with E-state index in [1.807, 2.05) is 72.8 Å². The first-order valence-corrected chi connectivity index (χ1v) is 12.2. The monoisotopic (exact) mass is 506 g/mol. The van der Waals surface area contributed by atoms with E-state index in [9.17, 15) is 9.59 Å². The summed E-state index contributed by atoms with van der Waals surface area (Å²) in [6.45, 7) is 1.11. The Kier molecular flexibility index (Phi) is 11.2. The molecule has 1 amide bonds. The zero-order valence-electron chi connectivity index (χ0n) is 20.0. The largest absolute Gasteiger partial charge is 0.490 e. The van der Waals surface area contributed by atoms with Crippen molar-refractivity contribution in [2.45, 2.75) is 25.7 Å². The number of ether oxygens (including phenoxy) is 3. The topological polar surface area (TPSA) is 85.9 Å². The lowest BCUT2D eigenvalue weighted by Gasteiger charge is -2.12. The van der Waals surface area contributed by atoms with E-state index in [0.29, 0.717) is 31.3 Å². The summed E-state index contributed by atoms with van der Waals surface area (Å²) in [7, 11) is 0. The fourth-order valence-electron chi connectivity index (χ4n) is 3.25. The van der Waals surface area contributed by atoms with Crippen molar-refractivity contribution in [3.8, 4) is 11.5 Å². The van der Waals surface area contributed by atoms with Crippen LogP contribution in [0.5, 0.6) is 11.5 Å². The molecule has 3 rings (SSSR count). The van der Waals surface area contributed by atoms with Gasteiger partial charge in [-0.25, -0.2) is 0 Å². The number of amides is 1. The van der Waals surface area contributed by atoms with Gasteiger partial charge in [-0.2, -0.15) is 0 Å². The maximum Gasteiger partial charge on any atom is 0.306 e. The van der Waals surface area contributed by atoms with Crippen LogP contribution in [0.15, 0.2) is 84.9 Å². The third-order valence-corrected chi connectivity index (χ3v) is 5.18. The molecule has 0 aromatic heterocycles. The summed E-state index contributed by atoms with van der Waals surface area (Å²) in [5.41, 5.74) is 1.86. The van der Waals surface area contributed by atoms with Crippen LogP contribution < -0.4 is 20.1 Å². The summed E-state index contributed by atoms with van der Waals surface area (Å²) in [4.78, 5) is 24.0. The molecule has 8 heteroatoms. The van der Waals surface area contributed by atoms with Crippen molar-refractivity contribution in [3.63, 3.8) is 0 Å². The maximum absolute atomic E-state index is 12.1. The van der Waals surface area contributed by atoms with Crippen LogP contribution in [-0.2, 0) is 20.7 Å². The van der Waals surface area contributed by atoms with Crippen LogP contribution >= 0.6 is 12.2 Å². The van der Waals surface area contributed by atoms with Crippen LogP contribution in [0.3, 0.4) is 0 Å². The van der Waals surface area contributed by atoms with E-state index < -0.39 is 5.97 Å². The lowest BCUT2D eigenvalue weighted by atomic mass is 10.1. The number of nitrogens with one attached hydrogen (secondary N) is 2. The Morgan fingerprint density at radius 1 is 0.750 bits per heavy atom. The number of carbonyl (C=O) groups excluding carboxylic acids is 2. The molecule has 3 aromatic carbocycles. The van der Waals surface area contributed by atoms with Crippen LogP contribution in [0.4, 0.5) is 5.69 Å². The first-order chi connectivity index (χ1) is 17.6. The summed E-state index contributed by atoms with van der Waals surface area (Å²) in [5.74, 6) is 0.659. The fourth-order valence-corrected chi connectivity index (χ4v) is 3.48. The van der Waals surface area contributed by atoms with Gasteiger partial charge in [-0.1, -0.05) is 54.6 Å². The van der Waals surface area contributed by atoms with Gasteiger partial charge in [-0.05, 0) is 54.9 Å². The molecule has 0 spiro atoms. The van der Waals surface area contributed by atoms with Gasteiger partial charge in [-0.3, -0.25) is 9.59 Å². The van der Waals surface area contributed by atoms with Gasteiger partial charge < -0.3 is 24.8 Å². The van der Waals surface area contributed by atoms with E-state index in [2.05, 4.69) is 10.6 Å². The van der Waals surface area contributed by atoms with Crippen molar-refractivity contribution in [1.29, 1.82) is 0 Å². The van der Waals surface area contributed by atoms with Gasteiger partial charge >= 0.3 is 5.97 Å². The summed E-state index contributed by atoms with van der Waals surface area (Å²) >= 11 is 5.21. The molecule has 3 aromatic rings. The number of thiocarbonyl (C=S) groups is 1. The van der Waals surface area contributed by atoms with Gasteiger partial charge in [0.25, 0.3) is 0 Å². The summed E-state index contributed by atoms with van der Waals surface area (Å²) < 4.78 is 16.5. The second-order valence-electron chi connectivity index (χ2n) is 7.85. The van der Waals surface area contributed by atoms with Crippen LogP contribution in [-0.4, -0.2) is 36.8 Å². The van der Waals surface area contributed by atoms with Gasteiger partial charge in [0.15, 0.2) is 5.11 Å². The van der Waals surface area contributed by atoms with E-state index in [0.717, 1.165) is 18.6 Å². The molecular formula is C28H30N2O5S. The molecule has 0 heterocycles. The molecule has 0 saturated heterocycles. The van der Waals surface area contributed by atoms with Gasteiger partial charge in [0.05, 0.1) is 13.0 Å². The van der Waals surface area contributed by atoms with Crippen molar-refractivity contribution in [2.75, 3.05) is 25.1 Å². The molecule has 0 aliphatic rings. The lowest BCUT2D eigenvalue weighted by Crippen LogP contribution is -2.34. The predicted octanol–water partition coefficient (Wildman–Crippen LogP) is 4.91. The molecule has 0 radical (unpaired) electrons. The molecule has 0 aliphatic heterocycles. The van der Waals surface area contributed by atoms with E-state index in [4.69, 9.17) is 26.4 Å². The van der Waals surface area contributed by atoms with Crippen molar-refractivity contribution in [2.24, 2.45) is 0 Å². The van der Waals surface area contributed by atoms with E-state index >= 15 is 0 Å². The van der Waals surface area contributed by atoms with Gasteiger partial charge in [0.1, 0.15) is 24.7 Å². The van der Waals surface area contributed by atoms with Crippen molar-refractivity contribution < 1.29 is 23.8 Å². The Morgan fingerprint density at radius 3 is 2.17 bits per heavy atom. The zero-order chi connectivity index (χ0) is 25.4. The first-order valence-electron chi connectivity index (χ1n) is 11.8. The van der Waals surface area contributed by atoms with Gasteiger partial charge in [-0.15, -0.1) is 0 Å². The molecular weight excluding hydrogens is 476 g/mol. The number of anilines is 1. The quantitative estimate of drug-likeness (QED) is 0.193. The number of hydrogen-bond acceptors (Lipinski definition) is 6.